The van der Waals surface area contributed by atoms with E-state index in [4.69, 9.17) is 4.74 Å². The van der Waals surface area contributed by atoms with Crippen LogP contribution in [0.3, 0.4) is 0 Å². The van der Waals surface area contributed by atoms with Crippen molar-refractivity contribution < 1.29 is 33.9 Å². The minimum atomic E-state index is -3.15. The zero-order valence-electron chi connectivity index (χ0n) is 28.4. The molecule has 50 heavy (non-hydrogen) atoms. The number of ether oxygens (including phenoxy) is 1. The number of aliphatic hydroxyl groups excluding tert-OH is 1. The highest BCUT2D eigenvalue weighted by Crippen LogP contribution is 2.60. The van der Waals surface area contributed by atoms with Crippen LogP contribution < -0.4 is 15.1 Å². The smallest absolute Gasteiger partial charge is 0.269 e. The number of hydrogen-bond donors (Lipinski definition) is 3. The fraction of sp³-hybridized carbons (Fsp3) is 0.417. The number of nitro groups is 1. The van der Waals surface area contributed by atoms with E-state index in [9.17, 15) is 34.4 Å². The fourth-order valence-corrected chi connectivity index (χ4v) is 10.5. The van der Waals surface area contributed by atoms with E-state index in [1.165, 1.54) is 17.0 Å². The van der Waals surface area contributed by atoms with Gasteiger partial charge in [0, 0.05) is 61.0 Å². The normalized spacial score (nSPS) is 23.4. The Kier molecular flexibility index (Phi) is 9.92. The lowest BCUT2D eigenvalue weighted by Crippen LogP contribution is -2.48. The van der Waals surface area contributed by atoms with Gasteiger partial charge in [-0.3, -0.25) is 24.5 Å². The van der Waals surface area contributed by atoms with Gasteiger partial charge < -0.3 is 34.7 Å². The number of amides is 3. The summed E-state index contributed by atoms with van der Waals surface area (Å²) in [5.41, 5.74) is 0.621. The van der Waals surface area contributed by atoms with Crippen LogP contribution in [0.5, 0.6) is 0 Å². The van der Waals surface area contributed by atoms with Gasteiger partial charge >= 0.3 is 0 Å². The highest BCUT2D eigenvalue weighted by molar-refractivity contribution is 6.71. The molecule has 0 saturated carbocycles. The highest BCUT2D eigenvalue weighted by atomic mass is 28.4. The molecule has 0 aromatic heterocycles. The predicted octanol–water partition coefficient (Wildman–Crippen LogP) is 3.29. The van der Waals surface area contributed by atoms with Crippen molar-refractivity contribution in [3.05, 3.63) is 99.6 Å². The van der Waals surface area contributed by atoms with E-state index in [0.717, 1.165) is 11.1 Å². The summed E-state index contributed by atoms with van der Waals surface area (Å²) >= 11 is 0. The summed E-state index contributed by atoms with van der Waals surface area (Å²) in [6.45, 7) is 6.92. The first-order valence-electron chi connectivity index (χ1n) is 16.9. The third kappa shape index (κ3) is 6.56. The number of benzene rings is 3. The minimum absolute atomic E-state index is 0.0563. The standard InChI is InChI=1S/C36H43N5O8Si/c1-24-34(50(2,3)48)31(20-32(43)38(16-17-42)22-25-8-5-4-6-9-25)49-36(24)29-19-28(41(46)47)12-13-30(29)40(35(36)45)23-26-10-7-11-27(18-26)39-15-14-37-21-33(39)44/h4-13,18-19,24,31,34,37,42,48H,14-17,20-23H2,1-3H3/t24-,31+,34-,36+/m0/s1. The van der Waals surface area contributed by atoms with Gasteiger partial charge in [-0.2, -0.15) is 0 Å². The van der Waals surface area contributed by atoms with Gasteiger partial charge in [0.05, 0.1) is 42.8 Å². The van der Waals surface area contributed by atoms with E-state index >= 15 is 0 Å². The molecule has 3 aliphatic rings. The molecule has 2 fully saturated rings. The van der Waals surface area contributed by atoms with Crippen LogP contribution in [0, 0.1) is 16.0 Å². The van der Waals surface area contributed by atoms with Crippen LogP contribution in [0.4, 0.5) is 17.1 Å². The molecular weight excluding hydrogens is 659 g/mol. The molecular formula is C36H43N5O8Si. The van der Waals surface area contributed by atoms with Crippen molar-refractivity contribution in [2.75, 3.05) is 42.6 Å². The number of anilines is 2. The largest absolute Gasteiger partial charge is 0.432 e. The van der Waals surface area contributed by atoms with Crippen molar-refractivity contribution in [2.24, 2.45) is 5.92 Å². The maximum atomic E-state index is 14.9. The first-order valence-corrected chi connectivity index (χ1v) is 19.9. The van der Waals surface area contributed by atoms with Gasteiger partial charge in [0.2, 0.25) is 11.8 Å². The highest BCUT2D eigenvalue weighted by Gasteiger charge is 2.66. The first kappa shape index (κ1) is 35.4. The van der Waals surface area contributed by atoms with E-state index in [2.05, 4.69) is 5.32 Å². The number of aliphatic hydroxyl groups is 1. The number of non-ortho nitro benzene ring substituents is 1. The van der Waals surface area contributed by atoms with Gasteiger partial charge in [0.25, 0.3) is 11.6 Å². The lowest BCUT2D eigenvalue weighted by Gasteiger charge is -2.32. The van der Waals surface area contributed by atoms with Crippen molar-refractivity contribution in [3.63, 3.8) is 0 Å². The topological polar surface area (TPSA) is 166 Å². The second-order valence-electron chi connectivity index (χ2n) is 13.8. The molecule has 2 saturated heterocycles. The van der Waals surface area contributed by atoms with Crippen LogP contribution >= 0.6 is 0 Å². The first-order chi connectivity index (χ1) is 23.8. The van der Waals surface area contributed by atoms with Gasteiger partial charge in [-0.15, -0.1) is 0 Å². The van der Waals surface area contributed by atoms with E-state index in [-0.39, 0.29) is 56.7 Å². The number of nitrogens with one attached hydrogen (secondary N) is 1. The molecule has 0 radical (unpaired) electrons. The summed E-state index contributed by atoms with van der Waals surface area (Å²) in [5.74, 6) is -1.44. The van der Waals surface area contributed by atoms with Crippen LogP contribution in [0.2, 0.25) is 18.6 Å². The molecule has 3 heterocycles. The number of piperazine rings is 1. The Bertz CT molecular complexity index is 1790. The minimum Gasteiger partial charge on any atom is -0.432 e. The summed E-state index contributed by atoms with van der Waals surface area (Å²) in [5, 5.41) is 24.9. The van der Waals surface area contributed by atoms with Crippen molar-refractivity contribution in [2.45, 2.75) is 56.8 Å². The average molecular weight is 702 g/mol. The Morgan fingerprint density at radius 3 is 2.52 bits per heavy atom. The maximum absolute atomic E-state index is 14.9. The van der Waals surface area contributed by atoms with Gasteiger partial charge in [0.1, 0.15) is 0 Å². The fourth-order valence-electron chi connectivity index (χ4n) is 7.94. The molecule has 4 atom stereocenters. The Hall–Kier alpha value is -4.47. The molecule has 0 aliphatic carbocycles. The Morgan fingerprint density at radius 1 is 1.10 bits per heavy atom. The third-order valence-corrected chi connectivity index (χ3v) is 12.6. The van der Waals surface area contributed by atoms with Crippen molar-refractivity contribution >= 4 is 43.1 Å². The summed E-state index contributed by atoms with van der Waals surface area (Å²) in [6, 6.07) is 21.1. The second-order valence-corrected chi connectivity index (χ2v) is 17.8. The molecule has 1 spiro atoms. The van der Waals surface area contributed by atoms with Gasteiger partial charge in [-0.1, -0.05) is 49.4 Å². The molecule has 14 heteroatoms. The molecule has 13 nitrogen and oxygen atoms in total. The second kappa shape index (κ2) is 14.0. The number of carbonyl (C=O) groups excluding carboxylic acids is 3. The average Bonchev–Trinajstić information content (AvgIpc) is 3.51. The van der Waals surface area contributed by atoms with Crippen LogP contribution in [0.15, 0.2) is 72.8 Å². The monoisotopic (exact) mass is 701 g/mol. The number of nitrogens with zero attached hydrogens (tertiary/aromatic N) is 4. The lowest BCUT2D eigenvalue weighted by molar-refractivity contribution is -0.385. The maximum Gasteiger partial charge on any atom is 0.269 e. The molecule has 0 bridgehead atoms. The molecule has 3 N–H and O–H groups in total. The zero-order chi connectivity index (χ0) is 35.8. The summed E-state index contributed by atoms with van der Waals surface area (Å²) in [4.78, 5) is 69.3. The van der Waals surface area contributed by atoms with Crippen molar-refractivity contribution in [3.8, 4) is 0 Å². The summed E-state index contributed by atoms with van der Waals surface area (Å²) in [7, 11) is -3.15. The number of nitro benzene ring substituents is 1. The van der Waals surface area contributed by atoms with E-state index in [1.54, 1.807) is 29.0 Å². The van der Waals surface area contributed by atoms with E-state index in [0.29, 0.717) is 30.0 Å². The van der Waals surface area contributed by atoms with Gasteiger partial charge in [-0.25, -0.2) is 0 Å². The number of rotatable bonds is 11. The molecule has 3 amide bonds. The van der Waals surface area contributed by atoms with E-state index < -0.39 is 42.3 Å². The van der Waals surface area contributed by atoms with E-state index in [1.807, 2.05) is 61.5 Å². The number of hydrogen-bond acceptors (Lipinski definition) is 9. The van der Waals surface area contributed by atoms with Gasteiger partial charge in [0.15, 0.2) is 13.9 Å². The van der Waals surface area contributed by atoms with Crippen LogP contribution in [0.1, 0.15) is 30.0 Å². The molecule has 264 valence electrons. The molecule has 3 aromatic rings. The van der Waals surface area contributed by atoms with Crippen LogP contribution in [0.25, 0.3) is 0 Å². The Labute approximate surface area is 291 Å². The zero-order valence-corrected chi connectivity index (χ0v) is 29.4. The molecule has 6 rings (SSSR count). The van der Waals surface area contributed by atoms with Crippen molar-refractivity contribution in [1.82, 2.24) is 10.2 Å². The summed E-state index contributed by atoms with van der Waals surface area (Å²) < 4.78 is 6.78. The SMILES string of the molecule is C[C@H]1[C@H]([Si](C)(C)O)[C@@H](CC(=O)N(CCO)Cc2ccccc2)O[C@]12C(=O)N(Cc1cccc(N3CCNCC3=O)c1)c1ccc([N+](=O)[O-])cc12. The summed E-state index contributed by atoms with van der Waals surface area (Å²) in [6.07, 6.45) is -1.03. The number of fused-ring (bicyclic) bond motifs is 2. The Balaban J connectivity index is 1.36. The number of carbonyl (C=O) groups is 3. The molecule has 0 unspecified atom stereocenters. The Morgan fingerprint density at radius 2 is 1.84 bits per heavy atom. The predicted molar refractivity (Wildman–Crippen MR) is 189 cm³/mol. The third-order valence-electron chi connectivity index (χ3n) is 10.1. The lowest BCUT2D eigenvalue weighted by atomic mass is 9.82. The van der Waals surface area contributed by atoms with Crippen LogP contribution in [-0.4, -0.2) is 84.7 Å². The molecule has 3 aliphatic heterocycles. The van der Waals surface area contributed by atoms with Gasteiger partial charge in [-0.05, 0) is 42.4 Å². The van der Waals surface area contributed by atoms with Crippen molar-refractivity contribution in [1.29, 1.82) is 0 Å². The molecule has 3 aromatic carbocycles. The quantitative estimate of drug-likeness (QED) is 0.155. The van der Waals surface area contributed by atoms with Crippen LogP contribution in [-0.2, 0) is 37.8 Å².